The molecule has 16 heavy (non-hydrogen) atoms. The van der Waals surface area contributed by atoms with E-state index in [2.05, 4.69) is 10.6 Å². The van der Waals surface area contributed by atoms with Gasteiger partial charge >= 0.3 is 0 Å². The van der Waals surface area contributed by atoms with Gasteiger partial charge in [-0.3, -0.25) is 4.79 Å². The number of carbonyl (C=O) groups excluding carboxylic acids is 1. The van der Waals surface area contributed by atoms with Gasteiger partial charge in [0.15, 0.2) is 0 Å². The Labute approximate surface area is 96.5 Å². The summed E-state index contributed by atoms with van der Waals surface area (Å²) in [5.41, 5.74) is 0. The minimum atomic E-state index is 0.203. The van der Waals surface area contributed by atoms with Crippen molar-refractivity contribution in [2.75, 3.05) is 45.9 Å². The maximum absolute atomic E-state index is 11.8. The van der Waals surface area contributed by atoms with E-state index in [9.17, 15) is 4.79 Å². The molecule has 2 rings (SSSR count). The Morgan fingerprint density at radius 3 is 2.94 bits per heavy atom. The number of morpholine rings is 1. The van der Waals surface area contributed by atoms with Gasteiger partial charge in [0.2, 0.25) is 5.91 Å². The van der Waals surface area contributed by atoms with Gasteiger partial charge in [0.25, 0.3) is 0 Å². The van der Waals surface area contributed by atoms with Crippen molar-refractivity contribution >= 4 is 5.91 Å². The first-order valence-corrected chi connectivity index (χ1v) is 6.16. The lowest BCUT2D eigenvalue weighted by atomic mass is 10.1. The molecule has 2 fully saturated rings. The third-order valence-corrected chi connectivity index (χ3v) is 3.20. The smallest absolute Gasteiger partial charge is 0.236 e. The zero-order valence-corrected chi connectivity index (χ0v) is 9.71. The average Bonchev–Trinajstić information content (AvgIpc) is 2.38. The van der Waals surface area contributed by atoms with E-state index in [0.29, 0.717) is 25.8 Å². The van der Waals surface area contributed by atoms with Crippen LogP contribution in [-0.2, 0) is 9.53 Å². The molecule has 2 aliphatic rings. The van der Waals surface area contributed by atoms with Crippen molar-refractivity contribution in [2.45, 2.75) is 18.9 Å². The zero-order valence-electron chi connectivity index (χ0n) is 9.71. The number of nitrogens with zero attached hydrogens (tertiary/aromatic N) is 1. The van der Waals surface area contributed by atoms with Crippen LogP contribution in [0.1, 0.15) is 12.8 Å². The van der Waals surface area contributed by atoms with E-state index in [1.54, 1.807) is 0 Å². The molecule has 1 amide bonds. The standard InChI is InChI=1S/C11H21N3O2/c15-11(14-4-6-16-7-5-14)9-13-10-2-1-3-12-8-10/h10,12-13H,1-9H2. The molecular formula is C11H21N3O2. The number of amides is 1. The molecule has 2 saturated heterocycles. The Bertz CT molecular complexity index is 223. The van der Waals surface area contributed by atoms with Crippen LogP contribution in [0.2, 0.25) is 0 Å². The first-order chi connectivity index (χ1) is 7.86. The number of ether oxygens (including phenoxy) is 1. The highest BCUT2D eigenvalue weighted by atomic mass is 16.5. The second-order valence-electron chi connectivity index (χ2n) is 4.42. The number of rotatable bonds is 3. The summed E-state index contributed by atoms with van der Waals surface area (Å²) >= 11 is 0. The summed E-state index contributed by atoms with van der Waals surface area (Å²) in [5, 5.41) is 6.65. The number of nitrogens with one attached hydrogen (secondary N) is 2. The third kappa shape index (κ3) is 3.43. The van der Waals surface area contributed by atoms with E-state index >= 15 is 0 Å². The van der Waals surface area contributed by atoms with Gasteiger partial charge in [-0.2, -0.15) is 0 Å². The normalized spacial score (nSPS) is 26.8. The molecule has 2 aliphatic heterocycles. The van der Waals surface area contributed by atoms with Gasteiger partial charge in [0, 0.05) is 25.7 Å². The van der Waals surface area contributed by atoms with E-state index < -0.39 is 0 Å². The maximum Gasteiger partial charge on any atom is 0.236 e. The Balaban J connectivity index is 1.65. The summed E-state index contributed by atoms with van der Waals surface area (Å²) in [6.45, 7) is 5.39. The molecule has 1 unspecified atom stereocenters. The third-order valence-electron chi connectivity index (χ3n) is 3.20. The highest BCUT2D eigenvalue weighted by Crippen LogP contribution is 2.01. The number of hydrogen-bond donors (Lipinski definition) is 2. The van der Waals surface area contributed by atoms with E-state index in [1.165, 1.54) is 12.8 Å². The van der Waals surface area contributed by atoms with Gasteiger partial charge in [-0.15, -0.1) is 0 Å². The van der Waals surface area contributed by atoms with Crippen molar-refractivity contribution < 1.29 is 9.53 Å². The zero-order chi connectivity index (χ0) is 11.2. The fourth-order valence-electron chi connectivity index (χ4n) is 2.18. The highest BCUT2D eigenvalue weighted by molar-refractivity contribution is 5.78. The van der Waals surface area contributed by atoms with Gasteiger partial charge < -0.3 is 20.3 Å². The van der Waals surface area contributed by atoms with Crippen LogP contribution in [-0.4, -0.2) is 62.8 Å². The number of piperidine rings is 1. The van der Waals surface area contributed by atoms with E-state index in [1.807, 2.05) is 4.90 Å². The maximum atomic E-state index is 11.8. The summed E-state index contributed by atoms with van der Waals surface area (Å²) in [6.07, 6.45) is 2.37. The molecule has 0 aromatic heterocycles. The number of hydrogen-bond acceptors (Lipinski definition) is 4. The minimum Gasteiger partial charge on any atom is -0.378 e. The van der Waals surface area contributed by atoms with Crippen molar-refractivity contribution in [1.29, 1.82) is 0 Å². The largest absolute Gasteiger partial charge is 0.378 e. The summed E-state index contributed by atoms with van der Waals surface area (Å²) < 4.78 is 5.22. The van der Waals surface area contributed by atoms with Crippen LogP contribution in [0.4, 0.5) is 0 Å². The van der Waals surface area contributed by atoms with E-state index in [0.717, 1.165) is 26.2 Å². The molecule has 0 saturated carbocycles. The Morgan fingerprint density at radius 2 is 2.25 bits per heavy atom. The Morgan fingerprint density at radius 1 is 1.44 bits per heavy atom. The Hall–Kier alpha value is -0.650. The predicted octanol–water partition coefficient (Wildman–Crippen LogP) is -0.813. The highest BCUT2D eigenvalue weighted by Gasteiger charge is 2.18. The van der Waals surface area contributed by atoms with E-state index in [-0.39, 0.29) is 5.91 Å². The van der Waals surface area contributed by atoms with Crippen molar-refractivity contribution in [3.8, 4) is 0 Å². The van der Waals surface area contributed by atoms with Crippen molar-refractivity contribution in [3.63, 3.8) is 0 Å². The van der Waals surface area contributed by atoms with Crippen molar-refractivity contribution in [3.05, 3.63) is 0 Å². The van der Waals surface area contributed by atoms with Crippen LogP contribution in [0.25, 0.3) is 0 Å². The molecule has 0 radical (unpaired) electrons. The van der Waals surface area contributed by atoms with Gasteiger partial charge in [-0.05, 0) is 19.4 Å². The molecule has 0 spiro atoms. The van der Waals surface area contributed by atoms with E-state index in [4.69, 9.17) is 4.74 Å². The lowest BCUT2D eigenvalue weighted by Crippen LogP contribution is -2.49. The van der Waals surface area contributed by atoms with Crippen LogP contribution in [0.5, 0.6) is 0 Å². The van der Waals surface area contributed by atoms with Crippen molar-refractivity contribution in [1.82, 2.24) is 15.5 Å². The first-order valence-electron chi connectivity index (χ1n) is 6.16. The topological polar surface area (TPSA) is 53.6 Å². The number of carbonyl (C=O) groups is 1. The van der Waals surface area contributed by atoms with Gasteiger partial charge in [-0.25, -0.2) is 0 Å². The van der Waals surface area contributed by atoms with Crippen LogP contribution in [0.3, 0.4) is 0 Å². The molecule has 5 heteroatoms. The monoisotopic (exact) mass is 227 g/mol. The van der Waals surface area contributed by atoms with Gasteiger partial charge in [-0.1, -0.05) is 0 Å². The lowest BCUT2D eigenvalue weighted by molar-refractivity contribution is -0.134. The quantitative estimate of drug-likeness (QED) is 0.662. The van der Waals surface area contributed by atoms with Crippen molar-refractivity contribution in [2.24, 2.45) is 0 Å². The average molecular weight is 227 g/mol. The Kier molecular flexibility index (Phi) is 4.56. The molecule has 92 valence electrons. The lowest BCUT2D eigenvalue weighted by Gasteiger charge is -2.29. The van der Waals surface area contributed by atoms with Crippen LogP contribution >= 0.6 is 0 Å². The van der Waals surface area contributed by atoms with Crippen LogP contribution in [0.15, 0.2) is 0 Å². The second kappa shape index (κ2) is 6.18. The molecular weight excluding hydrogens is 206 g/mol. The second-order valence-corrected chi connectivity index (χ2v) is 4.42. The van der Waals surface area contributed by atoms with Gasteiger partial charge in [0.05, 0.1) is 19.8 Å². The summed E-state index contributed by atoms with van der Waals surface area (Å²) in [7, 11) is 0. The molecule has 1 atom stereocenters. The summed E-state index contributed by atoms with van der Waals surface area (Å²) in [4.78, 5) is 13.7. The van der Waals surface area contributed by atoms with Crippen LogP contribution in [0, 0.1) is 0 Å². The van der Waals surface area contributed by atoms with Gasteiger partial charge in [0.1, 0.15) is 0 Å². The molecule has 0 aliphatic carbocycles. The minimum absolute atomic E-state index is 0.203. The fourth-order valence-corrected chi connectivity index (χ4v) is 2.18. The molecule has 0 bridgehead atoms. The SMILES string of the molecule is O=C(CNC1CCCNC1)N1CCOCC1. The summed E-state index contributed by atoms with van der Waals surface area (Å²) in [5.74, 6) is 0.203. The molecule has 0 aromatic carbocycles. The molecule has 0 aromatic rings. The molecule has 5 nitrogen and oxygen atoms in total. The molecule has 2 heterocycles. The predicted molar refractivity (Wildman–Crippen MR) is 61.3 cm³/mol. The first kappa shape index (κ1) is 11.8. The van der Waals surface area contributed by atoms with Crippen LogP contribution < -0.4 is 10.6 Å². The fraction of sp³-hybridized carbons (Fsp3) is 0.909. The summed E-state index contributed by atoms with van der Waals surface area (Å²) in [6, 6.07) is 0.457. The molecule has 2 N–H and O–H groups in total.